The quantitative estimate of drug-likeness (QED) is 0.712. The molecule has 0 fully saturated rings. The third kappa shape index (κ3) is 1.28. The van der Waals surface area contributed by atoms with Crippen molar-refractivity contribution in [2.45, 2.75) is 0 Å². The summed E-state index contributed by atoms with van der Waals surface area (Å²) in [6.07, 6.45) is 0.680. The van der Waals surface area contributed by atoms with Crippen molar-refractivity contribution in [1.82, 2.24) is 0 Å². The minimum absolute atomic E-state index is 0.313. The Balaban J connectivity index is 2.82. The van der Waals surface area contributed by atoms with Gasteiger partial charge >= 0.3 is 0 Å². The molecule has 72 valence electrons. The van der Waals surface area contributed by atoms with E-state index in [0.29, 0.717) is 23.0 Å². The fourth-order valence-electron chi connectivity index (χ4n) is 1.32. The number of ether oxygens (including phenoxy) is 1. The normalized spacial score (nSPS) is 10.4. The van der Waals surface area contributed by atoms with Crippen molar-refractivity contribution in [3.05, 3.63) is 28.9 Å². The SMILES string of the molecule is COc1cc(C=O)cc2c(F)csc12. The first-order chi connectivity index (χ1) is 6.76. The lowest BCUT2D eigenvalue weighted by Crippen LogP contribution is -1.86. The summed E-state index contributed by atoms with van der Waals surface area (Å²) in [5, 5.41) is 1.85. The summed E-state index contributed by atoms with van der Waals surface area (Å²) in [4.78, 5) is 10.6. The van der Waals surface area contributed by atoms with Crippen LogP contribution >= 0.6 is 11.3 Å². The molecular weight excluding hydrogens is 203 g/mol. The first-order valence-electron chi connectivity index (χ1n) is 3.96. The summed E-state index contributed by atoms with van der Waals surface area (Å²) in [7, 11) is 1.50. The molecule has 0 saturated heterocycles. The zero-order valence-electron chi connectivity index (χ0n) is 7.41. The van der Waals surface area contributed by atoms with Gasteiger partial charge in [0.15, 0.2) is 0 Å². The van der Waals surface area contributed by atoms with Gasteiger partial charge in [0, 0.05) is 16.3 Å². The summed E-state index contributed by atoms with van der Waals surface area (Å²) in [5.41, 5.74) is 0.423. The van der Waals surface area contributed by atoms with Gasteiger partial charge in [-0.3, -0.25) is 4.79 Å². The maximum Gasteiger partial charge on any atom is 0.150 e. The fourth-order valence-corrected chi connectivity index (χ4v) is 2.21. The predicted molar refractivity (Wildman–Crippen MR) is 53.7 cm³/mol. The van der Waals surface area contributed by atoms with Gasteiger partial charge in [-0.05, 0) is 12.1 Å². The van der Waals surface area contributed by atoms with Gasteiger partial charge in [0.05, 0.1) is 11.8 Å². The molecule has 0 aliphatic rings. The summed E-state index contributed by atoms with van der Waals surface area (Å²) in [6.45, 7) is 0. The van der Waals surface area contributed by atoms with E-state index in [-0.39, 0.29) is 5.82 Å². The van der Waals surface area contributed by atoms with E-state index in [9.17, 15) is 9.18 Å². The number of halogens is 1. The Morgan fingerprint density at radius 3 is 2.93 bits per heavy atom. The Labute approximate surface area is 83.9 Å². The van der Waals surface area contributed by atoms with Crippen molar-refractivity contribution in [3.8, 4) is 5.75 Å². The molecule has 14 heavy (non-hydrogen) atoms. The van der Waals surface area contributed by atoms with Crippen LogP contribution in [-0.2, 0) is 0 Å². The lowest BCUT2D eigenvalue weighted by Gasteiger charge is -2.01. The molecule has 0 bridgehead atoms. The van der Waals surface area contributed by atoms with E-state index in [4.69, 9.17) is 4.74 Å². The molecule has 2 rings (SSSR count). The molecule has 0 radical (unpaired) electrons. The van der Waals surface area contributed by atoms with Gasteiger partial charge in [0.1, 0.15) is 17.9 Å². The van der Waals surface area contributed by atoms with E-state index in [1.165, 1.54) is 29.9 Å². The molecule has 0 atom stereocenters. The number of hydrogen-bond acceptors (Lipinski definition) is 3. The zero-order chi connectivity index (χ0) is 10.1. The van der Waals surface area contributed by atoms with Gasteiger partial charge in [-0.25, -0.2) is 4.39 Å². The van der Waals surface area contributed by atoms with Crippen molar-refractivity contribution in [2.75, 3.05) is 7.11 Å². The van der Waals surface area contributed by atoms with Gasteiger partial charge < -0.3 is 4.74 Å². The molecule has 1 aromatic carbocycles. The second-order valence-electron chi connectivity index (χ2n) is 2.80. The van der Waals surface area contributed by atoms with Gasteiger partial charge in [0.2, 0.25) is 0 Å². The maximum atomic E-state index is 13.2. The van der Waals surface area contributed by atoms with Crippen LogP contribution in [0.4, 0.5) is 4.39 Å². The largest absolute Gasteiger partial charge is 0.495 e. The number of fused-ring (bicyclic) bond motifs is 1. The van der Waals surface area contributed by atoms with Crippen molar-refractivity contribution >= 4 is 27.7 Å². The maximum absolute atomic E-state index is 13.2. The van der Waals surface area contributed by atoms with Crippen molar-refractivity contribution < 1.29 is 13.9 Å². The molecule has 0 amide bonds. The van der Waals surface area contributed by atoms with Crippen LogP contribution in [0.5, 0.6) is 5.75 Å². The van der Waals surface area contributed by atoms with Crippen LogP contribution in [0.2, 0.25) is 0 Å². The number of carbonyl (C=O) groups excluding carboxylic acids is 1. The van der Waals surface area contributed by atoms with Crippen LogP contribution in [0, 0.1) is 5.82 Å². The number of rotatable bonds is 2. The van der Waals surface area contributed by atoms with Gasteiger partial charge in [-0.15, -0.1) is 11.3 Å². The third-order valence-electron chi connectivity index (χ3n) is 1.97. The lowest BCUT2D eigenvalue weighted by atomic mass is 10.1. The van der Waals surface area contributed by atoms with E-state index in [2.05, 4.69) is 0 Å². The molecule has 1 heterocycles. The Hall–Kier alpha value is -1.42. The Morgan fingerprint density at radius 1 is 1.50 bits per heavy atom. The van der Waals surface area contributed by atoms with Crippen LogP contribution < -0.4 is 4.74 Å². The predicted octanol–water partition coefficient (Wildman–Crippen LogP) is 2.86. The second-order valence-corrected chi connectivity index (χ2v) is 3.68. The summed E-state index contributed by atoms with van der Waals surface area (Å²) >= 11 is 1.27. The van der Waals surface area contributed by atoms with Crippen LogP contribution in [-0.4, -0.2) is 13.4 Å². The minimum atomic E-state index is -0.313. The fraction of sp³-hybridized carbons (Fsp3) is 0.100. The summed E-state index contributed by atoms with van der Waals surface area (Å²) in [5.74, 6) is 0.227. The van der Waals surface area contributed by atoms with Gasteiger partial charge in [-0.2, -0.15) is 0 Å². The smallest absolute Gasteiger partial charge is 0.150 e. The molecular formula is C10H7FO2S. The molecule has 4 heteroatoms. The van der Waals surface area contributed by atoms with Crippen molar-refractivity contribution in [3.63, 3.8) is 0 Å². The number of hydrogen-bond donors (Lipinski definition) is 0. The number of carbonyl (C=O) groups is 1. The van der Waals surface area contributed by atoms with Gasteiger partial charge in [-0.1, -0.05) is 0 Å². The van der Waals surface area contributed by atoms with Crippen LogP contribution in [0.3, 0.4) is 0 Å². The molecule has 0 N–H and O–H groups in total. The molecule has 2 nitrogen and oxygen atoms in total. The zero-order valence-corrected chi connectivity index (χ0v) is 8.23. The van der Waals surface area contributed by atoms with Crippen LogP contribution in [0.15, 0.2) is 17.5 Å². The van der Waals surface area contributed by atoms with E-state index in [1.54, 1.807) is 6.07 Å². The van der Waals surface area contributed by atoms with E-state index >= 15 is 0 Å². The summed E-state index contributed by atoms with van der Waals surface area (Å²) in [6, 6.07) is 3.13. The Morgan fingerprint density at radius 2 is 2.29 bits per heavy atom. The highest BCUT2D eigenvalue weighted by molar-refractivity contribution is 7.17. The lowest BCUT2D eigenvalue weighted by molar-refractivity contribution is 0.112. The molecule has 0 spiro atoms. The highest BCUT2D eigenvalue weighted by Gasteiger charge is 2.10. The standard InChI is InChI=1S/C10H7FO2S/c1-13-9-3-6(4-12)2-7-8(11)5-14-10(7)9/h2-5H,1H3. The van der Waals surface area contributed by atoms with Crippen molar-refractivity contribution in [2.24, 2.45) is 0 Å². The average Bonchev–Trinajstić information content (AvgIpc) is 2.59. The van der Waals surface area contributed by atoms with Gasteiger partial charge in [0.25, 0.3) is 0 Å². The topological polar surface area (TPSA) is 26.3 Å². The van der Waals surface area contributed by atoms with Crippen LogP contribution in [0.25, 0.3) is 10.1 Å². The molecule has 0 saturated carbocycles. The first-order valence-corrected chi connectivity index (χ1v) is 4.84. The number of thiophene rings is 1. The first kappa shape index (κ1) is 9.15. The van der Waals surface area contributed by atoms with Crippen molar-refractivity contribution in [1.29, 1.82) is 0 Å². The molecule has 0 aliphatic heterocycles. The van der Waals surface area contributed by atoms with Crippen LogP contribution in [0.1, 0.15) is 10.4 Å². The van der Waals surface area contributed by atoms with E-state index < -0.39 is 0 Å². The van der Waals surface area contributed by atoms with E-state index in [1.807, 2.05) is 0 Å². The van der Waals surface area contributed by atoms with E-state index in [0.717, 1.165) is 4.70 Å². The highest BCUT2D eigenvalue weighted by atomic mass is 32.1. The average molecular weight is 210 g/mol. The summed E-state index contributed by atoms with van der Waals surface area (Å²) < 4.78 is 19.0. The third-order valence-corrected chi connectivity index (χ3v) is 2.95. The minimum Gasteiger partial charge on any atom is -0.495 e. The Kier molecular flexibility index (Phi) is 2.21. The Bertz CT molecular complexity index is 490. The number of aldehydes is 1. The monoisotopic (exact) mass is 210 g/mol. The highest BCUT2D eigenvalue weighted by Crippen LogP contribution is 2.33. The second kappa shape index (κ2) is 3.38. The number of benzene rings is 1. The molecule has 2 aromatic rings. The molecule has 1 aromatic heterocycles. The molecule has 0 aliphatic carbocycles. The number of methoxy groups -OCH3 is 1. The molecule has 0 unspecified atom stereocenters.